The summed E-state index contributed by atoms with van der Waals surface area (Å²) >= 11 is 0. The first-order valence-corrected chi connectivity index (χ1v) is 7.63. The van der Waals surface area contributed by atoms with E-state index in [-0.39, 0.29) is 11.9 Å². The molecular formula is C17H25FN2O. The van der Waals surface area contributed by atoms with Gasteiger partial charge < -0.3 is 10.1 Å². The maximum absolute atomic E-state index is 13.5. The molecule has 0 bridgehead atoms. The summed E-state index contributed by atoms with van der Waals surface area (Å²) in [5.41, 5.74) is 1.89. The fraction of sp³-hybridized carbons (Fsp3) is 0.588. The zero-order chi connectivity index (χ0) is 15.4. The van der Waals surface area contributed by atoms with Gasteiger partial charge in [-0.2, -0.15) is 0 Å². The highest BCUT2D eigenvalue weighted by Crippen LogP contribution is 2.39. The zero-order valence-electron chi connectivity index (χ0n) is 13.1. The van der Waals surface area contributed by atoms with Crippen molar-refractivity contribution in [1.29, 1.82) is 0 Å². The minimum absolute atomic E-state index is 0.170. The van der Waals surface area contributed by atoms with E-state index in [1.807, 2.05) is 13.0 Å². The lowest BCUT2D eigenvalue weighted by atomic mass is 9.75. The van der Waals surface area contributed by atoms with Gasteiger partial charge in [0.25, 0.3) is 0 Å². The van der Waals surface area contributed by atoms with Gasteiger partial charge in [-0.05, 0) is 70.3 Å². The molecule has 1 N–H and O–H groups in total. The van der Waals surface area contributed by atoms with E-state index < -0.39 is 0 Å². The average Bonchev–Trinajstić information content (AvgIpc) is 2.47. The molecule has 21 heavy (non-hydrogen) atoms. The highest BCUT2D eigenvalue weighted by atomic mass is 19.1. The van der Waals surface area contributed by atoms with Crippen molar-refractivity contribution in [2.24, 2.45) is 17.0 Å². The van der Waals surface area contributed by atoms with Crippen LogP contribution in [0.5, 0.6) is 0 Å². The van der Waals surface area contributed by atoms with E-state index in [1.54, 1.807) is 12.1 Å². The summed E-state index contributed by atoms with van der Waals surface area (Å²) in [6.45, 7) is 1.89. The third-order valence-corrected chi connectivity index (χ3v) is 4.71. The molecule has 1 unspecified atom stereocenters. The lowest BCUT2D eigenvalue weighted by Crippen LogP contribution is -2.31. The summed E-state index contributed by atoms with van der Waals surface area (Å²) in [7, 11) is 4.12. The largest absolute Gasteiger partial charge is 0.411 e. The van der Waals surface area contributed by atoms with E-state index in [2.05, 4.69) is 24.2 Å². The van der Waals surface area contributed by atoms with Gasteiger partial charge in [0.15, 0.2) is 0 Å². The molecule has 1 aliphatic rings. The van der Waals surface area contributed by atoms with Crippen LogP contribution >= 0.6 is 0 Å². The number of rotatable bonds is 4. The van der Waals surface area contributed by atoms with Gasteiger partial charge in [-0.1, -0.05) is 17.3 Å². The predicted octanol–water partition coefficient (Wildman–Crippen LogP) is 4.08. The molecular weight excluding hydrogens is 267 g/mol. The molecule has 0 saturated heterocycles. The van der Waals surface area contributed by atoms with Gasteiger partial charge in [-0.15, -0.1) is 0 Å². The first kappa shape index (κ1) is 16.0. The maximum Gasteiger partial charge on any atom is 0.123 e. The van der Waals surface area contributed by atoms with E-state index in [0.717, 1.165) is 37.0 Å². The highest BCUT2D eigenvalue weighted by molar-refractivity contribution is 5.83. The SMILES string of the molecule is CC(=NO)C1CCC(C(c2cccc(F)c2)N(C)C)CC1. The predicted molar refractivity (Wildman–Crippen MR) is 83.2 cm³/mol. The molecule has 1 aromatic rings. The second kappa shape index (κ2) is 7.03. The maximum atomic E-state index is 13.5. The van der Waals surface area contributed by atoms with Gasteiger partial charge in [-0.3, -0.25) is 0 Å². The van der Waals surface area contributed by atoms with Crippen LogP contribution in [-0.2, 0) is 0 Å². The highest BCUT2D eigenvalue weighted by Gasteiger charge is 2.31. The number of benzene rings is 1. The molecule has 0 radical (unpaired) electrons. The van der Waals surface area contributed by atoms with Crippen molar-refractivity contribution in [3.63, 3.8) is 0 Å². The van der Waals surface area contributed by atoms with Gasteiger partial charge in [0.1, 0.15) is 5.82 Å². The number of oxime groups is 1. The van der Waals surface area contributed by atoms with Crippen molar-refractivity contribution in [1.82, 2.24) is 4.90 Å². The third kappa shape index (κ3) is 3.82. The van der Waals surface area contributed by atoms with E-state index in [1.165, 1.54) is 6.07 Å². The number of hydrogen-bond acceptors (Lipinski definition) is 3. The smallest absolute Gasteiger partial charge is 0.123 e. The molecule has 2 rings (SSSR count). The summed E-state index contributed by atoms with van der Waals surface area (Å²) < 4.78 is 13.5. The van der Waals surface area contributed by atoms with Crippen LogP contribution in [0.3, 0.4) is 0 Å². The molecule has 0 aliphatic heterocycles. The summed E-state index contributed by atoms with van der Waals surface area (Å²) in [5.74, 6) is 0.738. The molecule has 1 saturated carbocycles. The molecule has 1 fully saturated rings. The van der Waals surface area contributed by atoms with Crippen LogP contribution in [0.15, 0.2) is 29.4 Å². The van der Waals surface area contributed by atoms with Crippen molar-refractivity contribution in [2.45, 2.75) is 38.6 Å². The van der Waals surface area contributed by atoms with Crippen molar-refractivity contribution in [3.8, 4) is 0 Å². The summed E-state index contributed by atoms with van der Waals surface area (Å²) in [5, 5.41) is 12.2. The minimum atomic E-state index is -0.170. The molecule has 1 aromatic carbocycles. The number of hydrogen-bond donors (Lipinski definition) is 1. The third-order valence-electron chi connectivity index (χ3n) is 4.71. The Kier molecular flexibility index (Phi) is 5.34. The Hall–Kier alpha value is -1.42. The van der Waals surface area contributed by atoms with E-state index >= 15 is 0 Å². The van der Waals surface area contributed by atoms with Crippen LogP contribution in [0.2, 0.25) is 0 Å². The molecule has 0 spiro atoms. The molecule has 4 heteroatoms. The Balaban J connectivity index is 2.11. The first-order chi connectivity index (χ1) is 10.0. The standard InChI is InChI=1S/C17H25FN2O/c1-12(19-21)13-7-9-14(10-8-13)17(20(2)3)15-5-4-6-16(18)11-15/h4-6,11,13-14,17,21H,7-10H2,1-3H3. The van der Waals surface area contributed by atoms with Gasteiger partial charge in [-0.25, -0.2) is 4.39 Å². The second-order valence-electron chi connectivity index (χ2n) is 6.32. The fourth-order valence-electron chi connectivity index (χ4n) is 3.62. The molecule has 3 nitrogen and oxygen atoms in total. The van der Waals surface area contributed by atoms with Crippen LogP contribution in [-0.4, -0.2) is 29.9 Å². The van der Waals surface area contributed by atoms with Crippen molar-refractivity contribution in [3.05, 3.63) is 35.6 Å². The van der Waals surface area contributed by atoms with Gasteiger partial charge in [0, 0.05) is 12.0 Å². The Morgan fingerprint density at radius 3 is 2.48 bits per heavy atom. The van der Waals surface area contributed by atoms with Crippen LogP contribution < -0.4 is 0 Å². The van der Waals surface area contributed by atoms with Crippen molar-refractivity contribution < 1.29 is 9.60 Å². The van der Waals surface area contributed by atoms with E-state index in [4.69, 9.17) is 5.21 Å². The van der Waals surface area contributed by atoms with Crippen molar-refractivity contribution >= 4 is 5.71 Å². The molecule has 116 valence electrons. The van der Waals surface area contributed by atoms with Gasteiger partial charge in [0.05, 0.1) is 5.71 Å². The monoisotopic (exact) mass is 292 g/mol. The first-order valence-electron chi connectivity index (χ1n) is 7.63. The normalized spacial score (nSPS) is 25.1. The molecule has 1 atom stereocenters. The van der Waals surface area contributed by atoms with Gasteiger partial charge in [0.2, 0.25) is 0 Å². The molecule has 1 aliphatic carbocycles. The van der Waals surface area contributed by atoms with Crippen LogP contribution in [0.4, 0.5) is 4.39 Å². The quantitative estimate of drug-likeness (QED) is 0.515. The molecule has 0 aromatic heterocycles. The fourth-order valence-corrected chi connectivity index (χ4v) is 3.62. The van der Waals surface area contributed by atoms with E-state index in [0.29, 0.717) is 11.8 Å². The summed E-state index contributed by atoms with van der Waals surface area (Å²) in [6.07, 6.45) is 4.24. The van der Waals surface area contributed by atoms with Crippen LogP contribution in [0.1, 0.15) is 44.2 Å². The van der Waals surface area contributed by atoms with Crippen molar-refractivity contribution in [2.75, 3.05) is 14.1 Å². The van der Waals surface area contributed by atoms with E-state index in [9.17, 15) is 4.39 Å². The zero-order valence-corrected chi connectivity index (χ0v) is 13.1. The van der Waals surface area contributed by atoms with Crippen LogP contribution in [0, 0.1) is 17.7 Å². The number of halogens is 1. The van der Waals surface area contributed by atoms with Gasteiger partial charge >= 0.3 is 0 Å². The Labute approximate surface area is 126 Å². The summed E-state index contributed by atoms with van der Waals surface area (Å²) in [6, 6.07) is 7.19. The average molecular weight is 292 g/mol. The lowest BCUT2D eigenvalue weighted by molar-refractivity contribution is 0.161. The number of nitrogens with zero attached hydrogens (tertiary/aromatic N) is 2. The minimum Gasteiger partial charge on any atom is -0.411 e. The summed E-state index contributed by atoms with van der Waals surface area (Å²) in [4.78, 5) is 2.19. The topological polar surface area (TPSA) is 35.8 Å². The van der Waals surface area contributed by atoms with Crippen LogP contribution in [0.25, 0.3) is 0 Å². The molecule has 0 heterocycles. The Morgan fingerprint density at radius 1 is 1.29 bits per heavy atom. The molecule has 0 amide bonds. The Bertz CT molecular complexity index is 493. The Morgan fingerprint density at radius 2 is 1.95 bits per heavy atom. The lowest BCUT2D eigenvalue weighted by Gasteiger charge is -2.37. The second-order valence-corrected chi connectivity index (χ2v) is 6.32.